The van der Waals surface area contributed by atoms with E-state index in [0.717, 1.165) is 55.6 Å². The highest BCUT2D eigenvalue weighted by Crippen LogP contribution is 2.47. The molecule has 6 heteroatoms. The summed E-state index contributed by atoms with van der Waals surface area (Å²) in [5.41, 5.74) is 4.29. The van der Waals surface area contributed by atoms with Crippen LogP contribution in [0.2, 0.25) is 5.02 Å². The van der Waals surface area contributed by atoms with Crippen LogP contribution in [0.1, 0.15) is 43.9 Å². The monoisotopic (exact) mass is 454 g/mol. The SMILES string of the molecule is COc1cccc(-c2ccc3c(c2)CC(C)(C)C3NC(=O)O[C@@H]2CN3CCC2CC3)c1Cl. The number of nitrogens with one attached hydrogen (secondary N) is 1. The second kappa shape index (κ2) is 8.27. The number of methoxy groups -OCH3 is 1. The lowest BCUT2D eigenvalue weighted by Gasteiger charge is -2.44. The maximum atomic E-state index is 12.9. The Hall–Kier alpha value is -2.24. The molecule has 1 aliphatic carbocycles. The summed E-state index contributed by atoms with van der Waals surface area (Å²) >= 11 is 6.57. The Morgan fingerprint density at radius 1 is 1.19 bits per heavy atom. The lowest BCUT2D eigenvalue weighted by atomic mass is 9.85. The first-order chi connectivity index (χ1) is 15.4. The molecule has 2 atom stereocenters. The van der Waals surface area contributed by atoms with Gasteiger partial charge in [0, 0.05) is 12.1 Å². The minimum absolute atomic E-state index is 0.0130. The quantitative estimate of drug-likeness (QED) is 0.666. The molecule has 3 aliphatic heterocycles. The molecule has 1 N–H and O–H groups in total. The number of nitrogens with zero attached hydrogens (tertiary/aromatic N) is 1. The molecule has 1 amide bonds. The van der Waals surface area contributed by atoms with E-state index in [9.17, 15) is 4.79 Å². The molecule has 0 saturated carbocycles. The molecule has 4 aliphatic rings. The van der Waals surface area contributed by atoms with Crippen molar-refractivity contribution < 1.29 is 14.3 Å². The normalized spacial score (nSPS) is 27.6. The van der Waals surface area contributed by atoms with Gasteiger partial charge >= 0.3 is 6.09 Å². The van der Waals surface area contributed by atoms with Crippen LogP contribution >= 0.6 is 11.6 Å². The molecule has 2 aromatic carbocycles. The van der Waals surface area contributed by atoms with Gasteiger partial charge in [-0.15, -0.1) is 0 Å². The number of amides is 1. The van der Waals surface area contributed by atoms with E-state index in [1.807, 2.05) is 18.2 Å². The number of piperidine rings is 3. The van der Waals surface area contributed by atoms with Gasteiger partial charge in [-0.25, -0.2) is 4.79 Å². The summed E-state index contributed by atoms with van der Waals surface area (Å²) < 4.78 is 11.3. The largest absolute Gasteiger partial charge is 0.495 e. The summed E-state index contributed by atoms with van der Waals surface area (Å²) in [6.07, 6.45) is 2.85. The molecule has 3 saturated heterocycles. The van der Waals surface area contributed by atoms with Crippen molar-refractivity contribution in [1.82, 2.24) is 10.2 Å². The Labute approximate surface area is 195 Å². The molecule has 3 fully saturated rings. The molecule has 170 valence electrons. The topological polar surface area (TPSA) is 50.8 Å². The van der Waals surface area contributed by atoms with Crippen LogP contribution in [0.5, 0.6) is 5.75 Å². The molecule has 3 heterocycles. The Kier molecular flexibility index (Phi) is 5.58. The van der Waals surface area contributed by atoms with Gasteiger partial charge in [-0.3, -0.25) is 4.90 Å². The van der Waals surface area contributed by atoms with Gasteiger partial charge in [-0.05, 0) is 66.4 Å². The van der Waals surface area contributed by atoms with Crippen LogP contribution in [-0.2, 0) is 11.2 Å². The molecule has 0 aromatic heterocycles. The van der Waals surface area contributed by atoms with E-state index in [2.05, 4.69) is 42.3 Å². The third-order valence-electron chi connectivity index (χ3n) is 7.49. The fourth-order valence-corrected chi connectivity index (χ4v) is 6.03. The number of carbonyl (C=O) groups is 1. The third kappa shape index (κ3) is 3.86. The summed E-state index contributed by atoms with van der Waals surface area (Å²) in [6, 6.07) is 12.1. The number of halogens is 1. The summed E-state index contributed by atoms with van der Waals surface area (Å²) in [5, 5.41) is 3.81. The van der Waals surface area contributed by atoms with Crippen molar-refractivity contribution in [2.45, 2.75) is 45.3 Å². The minimum atomic E-state index is -0.297. The van der Waals surface area contributed by atoms with Gasteiger partial charge in [0.2, 0.25) is 0 Å². The van der Waals surface area contributed by atoms with E-state index in [1.54, 1.807) is 7.11 Å². The molecule has 2 aromatic rings. The van der Waals surface area contributed by atoms with E-state index >= 15 is 0 Å². The zero-order chi connectivity index (χ0) is 22.5. The van der Waals surface area contributed by atoms with Gasteiger partial charge in [0.25, 0.3) is 0 Å². The van der Waals surface area contributed by atoms with E-state index in [0.29, 0.717) is 16.7 Å². The van der Waals surface area contributed by atoms with Crippen molar-refractivity contribution in [3.8, 4) is 16.9 Å². The molecule has 0 spiro atoms. The van der Waals surface area contributed by atoms with E-state index in [-0.39, 0.29) is 23.7 Å². The Bertz CT molecular complexity index is 1030. The summed E-state index contributed by atoms with van der Waals surface area (Å²) in [5.74, 6) is 1.17. The average Bonchev–Trinajstić information content (AvgIpc) is 3.03. The first-order valence-electron chi connectivity index (χ1n) is 11.5. The maximum absolute atomic E-state index is 12.9. The van der Waals surface area contributed by atoms with Gasteiger partial charge in [-0.2, -0.15) is 0 Å². The van der Waals surface area contributed by atoms with Gasteiger partial charge in [0.1, 0.15) is 11.9 Å². The molecule has 1 unspecified atom stereocenters. The smallest absolute Gasteiger partial charge is 0.407 e. The summed E-state index contributed by atoms with van der Waals surface area (Å²) in [4.78, 5) is 15.3. The highest BCUT2D eigenvalue weighted by atomic mass is 35.5. The lowest BCUT2D eigenvalue weighted by molar-refractivity contribution is -0.0348. The van der Waals surface area contributed by atoms with Crippen LogP contribution in [-0.4, -0.2) is 43.8 Å². The van der Waals surface area contributed by atoms with Crippen LogP contribution in [0.25, 0.3) is 11.1 Å². The summed E-state index contributed by atoms with van der Waals surface area (Å²) in [7, 11) is 1.63. The van der Waals surface area contributed by atoms with Crippen molar-refractivity contribution in [2.75, 3.05) is 26.7 Å². The van der Waals surface area contributed by atoms with Crippen LogP contribution in [0.3, 0.4) is 0 Å². The number of carbonyl (C=O) groups excluding carboxylic acids is 1. The second-order valence-corrected chi connectivity index (χ2v) is 10.4. The van der Waals surface area contributed by atoms with E-state index in [4.69, 9.17) is 21.1 Å². The predicted molar refractivity (Wildman–Crippen MR) is 126 cm³/mol. The number of alkyl carbamates (subject to hydrolysis) is 1. The molecule has 32 heavy (non-hydrogen) atoms. The minimum Gasteiger partial charge on any atom is -0.495 e. The molecule has 0 radical (unpaired) electrons. The average molecular weight is 455 g/mol. The van der Waals surface area contributed by atoms with Crippen molar-refractivity contribution in [2.24, 2.45) is 11.3 Å². The van der Waals surface area contributed by atoms with Crippen LogP contribution in [0.15, 0.2) is 36.4 Å². The summed E-state index contributed by atoms with van der Waals surface area (Å²) in [6.45, 7) is 7.53. The van der Waals surface area contributed by atoms with Crippen LogP contribution < -0.4 is 10.1 Å². The number of hydrogen-bond acceptors (Lipinski definition) is 4. The maximum Gasteiger partial charge on any atom is 0.407 e. The fourth-order valence-electron chi connectivity index (χ4n) is 5.72. The molecule has 2 bridgehead atoms. The number of ether oxygens (including phenoxy) is 2. The highest BCUT2D eigenvalue weighted by molar-refractivity contribution is 6.34. The first-order valence-corrected chi connectivity index (χ1v) is 11.9. The van der Waals surface area contributed by atoms with Crippen LogP contribution in [0, 0.1) is 11.3 Å². The second-order valence-electron chi connectivity index (χ2n) is 10.1. The van der Waals surface area contributed by atoms with Crippen molar-refractivity contribution >= 4 is 17.7 Å². The van der Waals surface area contributed by atoms with Crippen LogP contribution in [0.4, 0.5) is 4.79 Å². The predicted octanol–water partition coefficient (Wildman–Crippen LogP) is 5.46. The lowest BCUT2D eigenvalue weighted by Crippen LogP contribution is -2.53. The van der Waals surface area contributed by atoms with Crippen molar-refractivity contribution in [1.29, 1.82) is 0 Å². The fraction of sp³-hybridized carbons (Fsp3) is 0.500. The van der Waals surface area contributed by atoms with Gasteiger partial charge in [0.05, 0.1) is 18.2 Å². The van der Waals surface area contributed by atoms with E-state index in [1.165, 1.54) is 5.56 Å². The van der Waals surface area contributed by atoms with Crippen molar-refractivity contribution in [3.63, 3.8) is 0 Å². The molecule has 5 nitrogen and oxygen atoms in total. The van der Waals surface area contributed by atoms with Gasteiger partial charge in [0.15, 0.2) is 0 Å². The highest BCUT2D eigenvalue weighted by Gasteiger charge is 2.42. The molecular weight excluding hydrogens is 424 g/mol. The number of hydrogen-bond donors (Lipinski definition) is 1. The Morgan fingerprint density at radius 3 is 2.66 bits per heavy atom. The van der Waals surface area contributed by atoms with Gasteiger partial charge in [-0.1, -0.05) is 55.8 Å². The molecular formula is C26H31ClN2O3. The molecule has 6 rings (SSSR count). The number of rotatable bonds is 4. The first kappa shape index (κ1) is 21.6. The number of fused-ring (bicyclic) bond motifs is 4. The standard InChI is InChI=1S/C26H31ClN2O3/c1-26(2)14-18-13-17(19-5-4-6-21(31-3)23(19)27)7-8-20(18)24(26)28-25(30)32-22-15-29-11-9-16(22)10-12-29/h4-8,13,16,22,24H,9-12,14-15H2,1-3H3,(H,28,30)/t22-,24?/m1/s1. The number of benzene rings is 2. The third-order valence-corrected chi connectivity index (χ3v) is 7.88. The van der Waals surface area contributed by atoms with Gasteiger partial charge < -0.3 is 14.8 Å². The Balaban J connectivity index is 1.35. The van der Waals surface area contributed by atoms with E-state index < -0.39 is 0 Å². The van der Waals surface area contributed by atoms with Crippen molar-refractivity contribution in [3.05, 3.63) is 52.5 Å². The zero-order valence-electron chi connectivity index (χ0n) is 19.0. The zero-order valence-corrected chi connectivity index (χ0v) is 19.7. The Morgan fingerprint density at radius 2 is 1.97 bits per heavy atom.